The highest BCUT2D eigenvalue weighted by Gasteiger charge is 2.30. The summed E-state index contributed by atoms with van der Waals surface area (Å²) in [6.07, 6.45) is 0. The molecule has 0 aromatic heterocycles. The number of hydrogen-bond acceptors (Lipinski definition) is 2. The average Bonchev–Trinajstić information content (AvgIpc) is 2.71. The second-order valence-electron chi connectivity index (χ2n) is 4.76. The Morgan fingerprint density at radius 3 is 2.80 bits per heavy atom. The Hall–Kier alpha value is -1.71. The lowest BCUT2D eigenvalue weighted by Gasteiger charge is -2.15. The summed E-state index contributed by atoms with van der Waals surface area (Å²) in [5.41, 5.74) is 3.50. The zero-order valence-corrected chi connectivity index (χ0v) is 12.2. The van der Waals surface area contributed by atoms with Crippen molar-refractivity contribution in [3.05, 3.63) is 57.6 Å². The van der Waals surface area contributed by atoms with E-state index in [1.165, 1.54) is 0 Å². The molecule has 0 saturated heterocycles. The third-order valence-electron chi connectivity index (χ3n) is 3.29. The van der Waals surface area contributed by atoms with Gasteiger partial charge in [-0.15, -0.1) is 0 Å². The molecule has 3 rings (SSSR count). The molecule has 1 amide bonds. The minimum absolute atomic E-state index is 0.0957. The maximum absolute atomic E-state index is 12.1. The van der Waals surface area contributed by atoms with Crippen LogP contribution in [0.3, 0.4) is 0 Å². The van der Waals surface area contributed by atoms with Crippen molar-refractivity contribution in [3.8, 4) is 0 Å². The van der Waals surface area contributed by atoms with E-state index in [0.717, 1.165) is 16.8 Å². The van der Waals surface area contributed by atoms with Crippen LogP contribution < -0.4 is 10.6 Å². The zero-order valence-electron chi connectivity index (χ0n) is 10.7. The van der Waals surface area contributed by atoms with Gasteiger partial charge in [-0.3, -0.25) is 4.79 Å². The Kier molecular flexibility index (Phi) is 3.32. The first-order valence-electron chi connectivity index (χ1n) is 6.18. The smallest absolute Gasteiger partial charge is 0.251 e. The molecule has 20 heavy (non-hydrogen) atoms. The molecule has 2 N–H and O–H groups in total. The summed E-state index contributed by atoms with van der Waals surface area (Å²) in [5.74, 6) is -0.0957. The van der Waals surface area contributed by atoms with Crippen molar-refractivity contribution in [1.29, 1.82) is 0 Å². The van der Waals surface area contributed by atoms with Gasteiger partial charge in [-0.2, -0.15) is 0 Å². The van der Waals surface area contributed by atoms with Crippen LogP contribution in [0.4, 0.5) is 11.4 Å². The molecule has 5 heteroatoms. The highest BCUT2D eigenvalue weighted by Crippen LogP contribution is 2.37. The van der Waals surface area contributed by atoms with Crippen LogP contribution in [0.2, 0.25) is 10.0 Å². The van der Waals surface area contributed by atoms with E-state index in [1.54, 1.807) is 18.2 Å². The number of rotatable bonds is 2. The molecule has 0 saturated carbocycles. The highest BCUT2D eigenvalue weighted by atomic mass is 35.5. The predicted octanol–water partition coefficient (Wildman–Crippen LogP) is 4.41. The molecule has 102 valence electrons. The number of carbonyl (C=O) groups is 1. The molecule has 2 aromatic rings. The number of halogens is 2. The number of benzene rings is 2. The summed E-state index contributed by atoms with van der Waals surface area (Å²) in [4.78, 5) is 12.1. The molecule has 0 radical (unpaired) electrons. The van der Waals surface area contributed by atoms with Gasteiger partial charge >= 0.3 is 0 Å². The Bertz CT molecular complexity index is 700. The van der Waals surface area contributed by atoms with Gasteiger partial charge in [0.15, 0.2) is 0 Å². The van der Waals surface area contributed by atoms with Crippen molar-refractivity contribution in [2.45, 2.75) is 13.0 Å². The quantitative estimate of drug-likeness (QED) is 0.863. The molecular weight excluding hydrogens is 295 g/mol. The molecule has 3 nitrogen and oxygen atoms in total. The lowest BCUT2D eigenvalue weighted by molar-refractivity contribution is -0.116. The SMILES string of the molecule is Cc1ccc2c(c1)C(Nc1cccc(Cl)c1Cl)C(=O)N2. The van der Waals surface area contributed by atoms with Gasteiger partial charge < -0.3 is 10.6 Å². The topological polar surface area (TPSA) is 41.1 Å². The molecule has 2 aromatic carbocycles. The van der Waals surface area contributed by atoms with E-state index in [0.29, 0.717) is 15.7 Å². The third-order valence-corrected chi connectivity index (χ3v) is 4.11. The van der Waals surface area contributed by atoms with Gasteiger partial charge in [-0.05, 0) is 25.1 Å². The number of amides is 1. The third kappa shape index (κ3) is 2.23. The molecule has 1 unspecified atom stereocenters. The monoisotopic (exact) mass is 306 g/mol. The van der Waals surface area contributed by atoms with Crippen LogP contribution in [-0.4, -0.2) is 5.91 Å². The molecule has 1 aliphatic heterocycles. The van der Waals surface area contributed by atoms with Crippen LogP contribution in [0.25, 0.3) is 0 Å². The normalized spacial score (nSPS) is 16.8. The van der Waals surface area contributed by atoms with Gasteiger partial charge in [0.1, 0.15) is 6.04 Å². The fraction of sp³-hybridized carbons (Fsp3) is 0.133. The first-order chi connectivity index (χ1) is 9.56. The summed E-state index contributed by atoms with van der Waals surface area (Å²) < 4.78 is 0. The second kappa shape index (κ2) is 5.00. The van der Waals surface area contributed by atoms with E-state index in [1.807, 2.05) is 25.1 Å². The van der Waals surface area contributed by atoms with Crippen LogP contribution in [-0.2, 0) is 4.79 Å². The minimum Gasteiger partial charge on any atom is -0.369 e. The molecule has 0 aliphatic carbocycles. The van der Waals surface area contributed by atoms with Crippen molar-refractivity contribution in [2.24, 2.45) is 0 Å². The van der Waals surface area contributed by atoms with Crippen LogP contribution >= 0.6 is 23.2 Å². The largest absolute Gasteiger partial charge is 0.369 e. The summed E-state index contributed by atoms with van der Waals surface area (Å²) in [7, 11) is 0. The lowest BCUT2D eigenvalue weighted by Crippen LogP contribution is -2.19. The Labute approximate surface area is 126 Å². The molecule has 0 spiro atoms. The van der Waals surface area contributed by atoms with Gasteiger partial charge in [-0.25, -0.2) is 0 Å². The van der Waals surface area contributed by atoms with E-state index in [2.05, 4.69) is 10.6 Å². The van der Waals surface area contributed by atoms with Crippen molar-refractivity contribution >= 4 is 40.5 Å². The fourth-order valence-corrected chi connectivity index (χ4v) is 2.65. The fourth-order valence-electron chi connectivity index (χ4n) is 2.30. The maximum atomic E-state index is 12.1. The highest BCUT2D eigenvalue weighted by molar-refractivity contribution is 6.43. The van der Waals surface area contributed by atoms with Gasteiger partial charge in [0.2, 0.25) is 0 Å². The first-order valence-corrected chi connectivity index (χ1v) is 6.94. The second-order valence-corrected chi connectivity index (χ2v) is 5.54. The maximum Gasteiger partial charge on any atom is 0.251 e. The summed E-state index contributed by atoms with van der Waals surface area (Å²) in [6.45, 7) is 1.99. The summed E-state index contributed by atoms with van der Waals surface area (Å²) in [5, 5.41) is 6.88. The van der Waals surface area contributed by atoms with E-state index >= 15 is 0 Å². The predicted molar refractivity (Wildman–Crippen MR) is 82.6 cm³/mol. The number of nitrogens with one attached hydrogen (secondary N) is 2. The number of hydrogen-bond donors (Lipinski definition) is 2. The van der Waals surface area contributed by atoms with Crippen molar-refractivity contribution in [1.82, 2.24) is 0 Å². The van der Waals surface area contributed by atoms with Crippen molar-refractivity contribution < 1.29 is 4.79 Å². The molecule has 0 fully saturated rings. The zero-order chi connectivity index (χ0) is 14.3. The first kappa shape index (κ1) is 13.3. The standard InChI is InChI=1S/C15H12Cl2N2O/c1-8-5-6-11-9(7-8)14(15(20)19-11)18-12-4-2-3-10(16)13(12)17/h2-7,14,18H,1H3,(H,19,20). The number of carbonyl (C=O) groups excluding carboxylic acids is 1. The van der Waals surface area contributed by atoms with Crippen LogP contribution in [0.15, 0.2) is 36.4 Å². The van der Waals surface area contributed by atoms with Crippen LogP contribution in [0.1, 0.15) is 17.2 Å². The molecule has 1 aliphatic rings. The van der Waals surface area contributed by atoms with E-state index in [-0.39, 0.29) is 5.91 Å². The van der Waals surface area contributed by atoms with Crippen molar-refractivity contribution in [3.63, 3.8) is 0 Å². The lowest BCUT2D eigenvalue weighted by atomic mass is 10.1. The van der Waals surface area contributed by atoms with E-state index in [9.17, 15) is 4.79 Å². The Morgan fingerprint density at radius 2 is 2.00 bits per heavy atom. The summed E-state index contributed by atoms with van der Waals surface area (Å²) in [6, 6.07) is 10.7. The van der Waals surface area contributed by atoms with Gasteiger partial charge in [0.05, 0.1) is 15.7 Å². The average molecular weight is 307 g/mol. The summed E-state index contributed by atoms with van der Waals surface area (Å²) >= 11 is 12.1. The Morgan fingerprint density at radius 1 is 1.20 bits per heavy atom. The molecule has 0 bridgehead atoms. The van der Waals surface area contributed by atoms with Crippen molar-refractivity contribution in [2.75, 3.05) is 10.6 Å². The minimum atomic E-state index is -0.458. The van der Waals surface area contributed by atoms with Crippen LogP contribution in [0, 0.1) is 6.92 Å². The number of fused-ring (bicyclic) bond motifs is 1. The van der Waals surface area contributed by atoms with Crippen LogP contribution in [0.5, 0.6) is 0 Å². The molecule has 1 heterocycles. The van der Waals surface area contributed by atoms with Gasteiger partial charge in [0, 0.05) is 11.3 Å². The van der Waals surface area contributed by atoms with E-state index in [4.69, 9.17) is 23.2 Å². The number of aryl methyl sites for hydroxylation is 1. The molecule has 1 atom stereocenters. The van der Waals surface area contributed by atoms with Gasteiger partial charge in [0.25, 0.3) is 5.91 Å². The van der Waals surface area contributed by atoms with E-state index < -0.39 is 6.04 Å². The Balaban J connectivity index is 1.98. The van der Waals surface area contributed by atoms with Gasteiger partial charge in [-0.1, -0.05) is 47.0 Å². The molecular formula is C15H12Cl2N2O. The number of anilines is 2.